The van der Waals surface area contributed by atoms with Crippen LogP contribution in [0.15, 0.2) is 18.5 Å². The molecule has 1 aliphatic heterocycles. The monoisotopic (exact) mass is 240 g/mol. The lowest BCUT2D eigenvalue weighted by Crippen LogP contribution is -2.26. The van der Waals surface area contributed by atoms with E-state index in [0.717, 1.165) is 47.8 Å². The molecule has 3 rings (SSSR count). The van der Waals surface area contributed by atoms with Crippen LogP contribution in [0.2, 0.25) is 0 Å². The van der Waals surface area contributed by atoms with Gasteiger partial charge in [0.15, 0.2) is 5.82 Å². The summed E-state index contributed by atoms with van der Waals surface area (Å²) >= 11 is 0. The van der Waals surface area contributed by atoms with E-state index in [9.17, 15) is 0 Å². The average Bonchev–Trinajstić information content (AvgIpc) is 2.39. The number of rotatable bonds is 1. The first-order chi connectivity index (χ1) is 8.75. The number of fused-ring (bicyclic) bond motifs is 1. The number of hydrogen-bond donors (Lipinski definition) is 1. The summed E-state index contributed by atoms with van der Waals surface area (Å²) < 4.78 is 0. The highest BCUT2D eigenvalue weighted by Gasteiger charge is 2.16. The van der Waals surface area contributed by atoms with E-state index in [1.807, 2.05) is 19.2 Å². The van der Waals surface area contributed by atoms with E-state index in [2.05, 4.69) is 22.2 Å². The zero-order chi connectivity index (χ0) is 12.5. The lowest BCUT2D eigenvalue weighted by atomic mass is 10.0. The fourth-order valence-corrected chi connectivity index (χ4v) is 2.39. The zero-order valence-corrected chi connectivity index (χ0v) is 10.7. The smallest absolute Gasteiger partial charge is 0.160 e. The summed E-state index contributed by atoms with van der Waals surface area (Å²) in [7, 11) is 0. The van der Waals surface area contributed by atoms with Gasteiger partial charge in [-0.2, -0.15) is 0 Å². The van der Waals surface area contributed by atoms with Crippen molar-refractivity contribution in [2.24, 2.45) is 0 Å². The fourth-order valence-electron chi connectivity index (χ4n) is 2.39. The first-order valence-corrected chi connectivity index (χ1v) is 6.24. The Bertz CT molecular complexity index is 592. The highest BCUT2D eigenvalue weighted by molar-refractivity contribution is 5.59. The maximum absolute atomic E-state index is 4.70. The van der Waals surface area contributed by atoms with E-state index in [1.54, 1.807) is 6.20 Å². The van der Waals surface area contributed by atoms with E-state index >= 15 is 0 Å². The number of nitrogens with zero attached hydrogens (tertiary/aromatic N) is 3. The molecule has 0 saturated heterocycles. The van der Waals surface area contributed by atoms with Crippen LogP contribution in [0.1, 0.15) is 22.5 Å². The van der Waals surface area contributed by atoms with Gasteiger partial charge in [-0.05, 0) is 44.0 Å². The second kappa shape index (κ2) is 4.46. The van der Waals surface area contributed by atoms with Crippen molar-refractivity contribution >= 4 is 0 Å². The van der Waals surface area contributed by atoms with Crippen molar-refractivity contribution in [2.75, 3.05) is 6.54 Å². The third kappa shape index (κ3) is 1.88. The van der Waals surface area contributed by atoms with Crippen LogP contribution in [-0.4, -0.2) is 21.5 Å². The van der Waals surface area contributed by atoms with Crippen LogP contribution in [0.25, 0.3) is 11.4 Å². The van der Waals surface area contributed by atoms with Gasteiger partial charge < -0.3 is 5.32 Å². The topological polar surface area (TPSA) is 50.7 Å². The van der Waals surface area contributed by atoms with Crippen molar-refractivity contribution in [1.29, 1.82) is 0 Å². The van der Waals surface area contributed by atoms with Gasteiger partial charge in [-0.15, -0.1) is 0 Å². The summed E-state index contributed by atoms with van der Waals surface area (Å²) in [6, 6.07) is 1.98. The van der Waals surface area contributed by atoms with Gasteiger partial charge in [-0.1, -0.05) is 0 Å². The minimum absolute atomic E-state index is 0.815. The molecule has 0 saturated carbocycles. The Morgan fingerprint density at radius 3 is 2.94 bits per heavy atom. The van der Waals surface area contributed by atoms with Gasteiger partial charge in [-0.25, -0.2) is 9.97 Å². The normalized spacial score (nSPS) is 14.3. The van der Waals surface area contributed by atoms with Crippen molar-refractivity contribution in [1.82, 2.24) is 20.3 Å². The average molecular weight is 240 g/mol. The van der Waals surface area contributed by atoms with Crippen LogP contribution in [0.3, 0.4) is 0 Å². The molecule has 18 heavy (non-hydrogen) atoms. The zero-order valence-electron chi connectivity index (χ0n) is 10.7. The van der Waals surface area contributed by atoms with Gasteiger partial charge in [-0.3, -0.25) is 4.98 Å². The molecule has 0 radical (unpaired) electrons. The van der Waals surface area contributed by atoms with Crippen LogP contribution < -0.4 is 5.32 Å². The summed E-state index contributed by atoms with van der Waals surface area (Å²) in [5, 5.41) is 3.36. The Hall–Kier alpha value is -1.81. The molecule has 0 unspecified atom stereocenters. The first kappa shape index (κ1) is 11.3. The van der Waals surface area contributed by atoms with E-state index in [1.165, 1.54) is 5.56 Å². The van der Waals surface area contributed by atoms with Gasteiger partial charge in [0.2, 0.25) is 0 Å². The molecule has 0 spiro atoms. The summed E-state index contributed by atoms with van der Waals surface area (Å²) in [6.07, 6.45) is 4.67. The summed E-state index contributed by atoms with van der Waals surface area (Å²) in [6.45, 7) is 5.98. The largest absolute Gasteiger partial charge is 0.311 e. The second-order valence-electron chi connectivity index (χ2n) is 4.68. The van der Waals surface area contributed by atoms with Crippen molar-refractivity contribution in [3.05, 3.63) is 41.0 Å². The van der Waals surface area contributed by atoms with E-state index in [0.29, 0.717) is 0 Å². The molecule has 0 bridgehead atoms. The minimum atomic E-state index is 0.815. The fraction of sp³-hybridized carbons (Fsp3) is 0.357. The maximum Gasteiger partial charge on any atom is 0.160 e. The van der Waals surface area contributed by atoms with Crippen LogP contribution in [0, 0.1) is 13.8 Å². The van der Waals surface area contributed by atoms with E-state index in [-0.39, 0.29) is 0 Å². The predicted octanol–water partition coefficient (Wildman–Crippen LogP) is 1.80. The van der Waals surface area contributed by atoms with Crippen molar-refractivity contribution in [2.45, 2.75) is 26.8 Å². The molecule has 0 aliphatic carbocycles. The summed E-state index contributed by atoms with van der Waals surface area (Å²) in [5.41, 5.74) is 5.74. The molecule has 2 aromatic rings. The van der Waals surface area contributed by atoms with E-state index in [4.69, 9.17) is 4.98 Å². The van der Waals surface area contributed by atoms with Gasteiger partial charge in [0.1, 0.15) is 0 Å². The maximum atomic E-state index is 4.70. The van der Waals surface area contributed by atoms with Crippen LogP contribution >= 0.6 is 0 Å². The van der Waals surface area contributed by atoms with Crippen molar-refractivity contribution in [3.8, 4) is 11.4 Å². The lowest BCUT2D eigenvalue weighted by molar-refractivity contribution is 0.620. The van der Waals surface area contributed by atoms with Gasteiger partial charge in [0.05, 0.1) is 5.69 Å². The SMILES string of the molecule is Cc1cnccc1-c1nc(C)c2c(n1)CNCC2. The van der Waals surface area contributed by atoms with Crippen LogP contribution in [0.5, 0.6) is 0 Å². The molecule has 4 heteroatoms. The molecule has 0 atom stereocenters. The quantitative estimate of drug-likeness (QED) is 0.825. The molecule has 2 aromatic heterocycles. The Morgan fingerprint density at radius 2 is 2.11 bits per heavy atom. The predicted molar refractivity (Wildman–Crippen MR) is 70.1 cm³/mol. The molecular weight excluding hydrogens is 224 g/mol. The number of aryl methyl sites for hydroxylation is 2. The van der Waals surface area contributed by atoms with Gasteiger partial charge in [0.25, 0.3) is 0 Å². The summed E-state index contributed by atoms with van der Waals surface area (Å²) in [4.78, 5) is 13.5. The van der Waals surface area contributed by atoms with Gasteiger partial charge >= 0.3 is 0 Å². The molecule has 3 heterocycles. The molecule has 0 aromatic carbocycles. The number of aromatic nitrogens is 3. The molecule has 4 nitrogen and oxygen atoms in total. The second-order valence-corrected chi connectivity index (χ2v) is 4.68. The van der Waals surface area contributed by atoms with Crippen LogP contribution in [-0.2, 0) is 13.0 Å². The molecule has 1 N–H and O–H groups in total. The Morgan fingerprint density at radius 1 is 1.22 bits per heavy atom. The highest BCUT2D eigenvalue weighted by atomic mass is 15.0. The third-order valence-corrected chi connectivity index (χ3v) is 3.40. The Labute approximate surface area is 107 Å². The van der Waals surface area contributed by atoms with Gasteiger partial charge in [0, 0.05) is 30.2 Å². The molecule has 0 amide bonds. The molecule has 92 valence electrons. The van der Waals surface area contributed by atoms with Crippen molar-refractivity contribution < 1.29 is 0 Å². The standard InChI is InChI=1S/C14H16N4/c1-9-7-15-5-3-11(9)14-17-10(2)12-4-6-16-8-13(12)18-14/h3,5,7,16H,4,6,8H2,1-2H3. The summed E-state index contributed by atoms with van der Waals surface area (Å²) in [5.74, 6) is 0.815. The third-order valence-electron chi connectivity index (χ3n) is 3.40. The number of hydrogen-bond acceptors (Lipinski definition) is 4. The number of nitrogens with one attached hydrogen (secondary N) is 1. The Balaban J connectivity index is 2.14. The molecular formula is C14H16N4. The minimum Gasteiger partial charge on any atom is -0.311 e. The molecule has 0 fully saturated rings. The molecule has 1 aliphatic rings. The highest BCUT2D eigenvalue weighted by Crippen LogP contribution is 2.22. The van der Waals surface area contributed by atoms with E-state index < -0.39 is 0 Å². The first-order valence-electron chi connectivity index (χ1n) is 6.24. The number of pyridine rings is 1. The lowest BCUT2D eigenvalue weighted by Gasteiger charge is -2.19. The Kier molecular flexibility index (Phi) is 2.80. The van der Waals surface area contributed by atoms with Crippen LogP contribution in [0.4, 0.5) is 0 Å². The van der Waals surface area contributed by atoms with Crippen molar-refractivity contribution in [3.63, 3.8) is 0 Å².